The predicted octanol–water partition coefficient (Wildman–Crippen LogP) is 0.641. The van der Waals surface area contributed by atoms with Gasteiger partial charge in [0.25, 0.3) is 5.91 Å². The molecule has 3 heteroatoms. The van der Waals surface area contributed by atoms with E-state index in [0.29, 0.717) is 4.48 Å². The lowest BCUT2D eigenvalue weighted by molar-refractivity contribution is -0.116. The highest BCUT2D eigenvalue weighted by molar-refractivity contribution is 9.12. The second-order valence-corrected chi connectivity index (χ2v) is 1.94. The van der Waals surface area contributed by atoms with E-state index in [9.17, 15) is 4.79 Å². The van der Waals surface area contributed by atoms with Crippen molar-refractivity contribution < 1.29 is 4.79 Å². The van der Waals surface area contributed by atoms with Crippen molar-refractivity contribution in [2.24, 2.45) is 0 Å². The maximum Gasteiger partial charge on any atom is 0.257 e. The van der Waals surface area contributed by atoms with Gasteiger partial charge in [0.05, 0.1) is 4.48 Å². The molecule has 7 heavy (non-hydrogen) atoms. The lowest BCUT2D eigenvalue weighted by atomic mass is 10.6. The molecule has 1 N–H and O–H groups in total. The van der Waals surface area contributed by atoms with Crippen LogP contribution in [0.5, 0.6) is 0 Å². The quantitative estimate of drug-likeness (QED) is 0.566. The highest BCUT2D eigenvalue weighted by Crippen LogP contribution is 1.97. The number of amides is 1. The summed E-state index contributed by atoms with van der Waals surface area (Å²) in [6, 6.07) is 0. The molecule has 0 bridgehead atoms. The summed E-state index contributed by atoms with van der Waals surface area (Å²) in [5.41, 5.74) is 0. The molecule has 1 amide bonds. The van der Waals surface area contributed by atoms with E-state index in [1.807, 2.05) is 0 Å². The van der Waals surface area contributed by atoms with Crippen molar-refractivity contribution in [1.82, 2.24) is 5.32 Å². The Hall–Kier alpha value is -0.310. The Morgan fingerprint density at radius 1 is 1.86 bits per heavy atom. The molecule has 0 aliphatic heterocycles. The van der Waals surface area contributed by atoms with Gasteiger partial charge in [0, 0.05) is 7.05 Å². The summed E-state index contributed by atoms with van der Waals surface area (Å²) in [7, 11) is 1.55. The van der Waals surface area contributed by atoms with E-state index < -0.39 is 0 Å². The van der Waals surface area contributed by atoms with Crippen LogP contribution in [0.4, 0.5) is 0 Å². The zero-order valence-electron chi connectivity index (χ0n) is 3.99. The van der Waals surface area contributed by atoms with E-state index in [-0.39, 0.29) is 5.91 Å². The fourth-order valence-corrected chi connectivity index (χ4v) is 0.334. The molecule has 0 rings (SSSR count). The first-order valence-electron chi connectivity index (χ1n) is 1.75. The molecule has 0 fully saturated rings. The fourth-order valence-electron chi connectivity index (χ4n) is 0.136. The van der Waals surface area contributed by atoms with E-state index in [1.165, 1.54) is 0 Å². The van der Waals surface area contributed by atoms with Gasteiger partial charge in [-0.3, -0.25) is 4.79 Å². The first kappa shape index (κ1) is 6.69. The Morgan fingerprint density at radius 3 is 2.29 bits per heavy atom. The molecule has 0 aliphatic rings. The second-order valence-electron chi connectivity index (χ2n) is 0.984. The lowest BCUT2D eigenvalue weighted by Gasteiger charge is -1.90. The maximum atomic E-state index is 10.3. The van der Waals surface area contributed by atoms with Gasteiger partial charge < -0.3 is 5.32 Å². The Bertz CT molecular complexity index is 99.9. The van der Waals surface area contributed by atoms with Crippen LogP contribution in [0.2, 0.25) is 0 Å². The standard InChI is InChI=1S/C4H6BrNO/c1-3(5)4(7)6-2/h1H2,2H3,(H,6,7). The molecular weight excluding hydrogens is 158 g/mol. The second kappa shape index (κ2) is 2.80. The van der Waals surface area contributed by atoms with Gasteiger partial charge in [-0.05, 0) is 15.9 Å². The third kappa shape index (κ3) is 2.39. The van der Waals surface area contributed by atoms with Crippen molar-refractivity contribution in [3.63, 3.8) is 0 Å². The van der Waals surface area contributed by atoms with E-state index in [0.717, 1.165) is 0 Å². The van der Waals surface area contributed by atoms with Crippen LogP contribution < -0.4 is 5.32 Å². The van der Waals surface area contributed by atoms with Crippen LogP contribution >= 0.6 is 15.9 Å². The van der Waals surface area contributed by atoms with Crippen molar-refractivity contribution in [3.8, 4) is 0 Å². The molecule has 0 aromatic carbocycles. The SMILES string of the molecule is C=C(Br)C(=O)NC. The number of carbonyl (C=O) groups is 1. The van der Waals surface area contributed by atoms with Gasteiger partial charge in [-0.25, -0.2) is 0 Å². The Kier molecular flexibility index (Phi) is 2.67. The van der Waals surface area contributed by atoms with Crippen molar-refractivity contribution >= 4 is 21.8 Å². The topological polar surface area (TPSA) is 29.1 Å². The average molecular weight is 164 g/mol. The number of halogens is 1. The van der Waals surface area contributed by atoms with Gasteiger partial charge in [0.1, 0.15) is 0 Å². The zero-order valence-corrected chi connectivity index (χ0v) is 5.58. The van der Waals surface area contributed by atoms with Gasteiger partial charge in [0.2, 0.25) is 0 Å². The summed E-state index contributed by atoms with van der Waals surface area (Å²) >= 11 is 2.89. The summed E-state index contributed by atoms with van der Waals surface area (Å²) in [5, 5.41) is 2.38. The first-order valence-corrected chi connectivity index (χ1v) is 2.54. The summed E-state index contributed by atoms with van der Waals surface area (Å²) in [6.45, 7) is 3.33. The Labute approximate surface area is 50.7 Å². The monoisotopic (exact) mass is 163 g/mol. The largest absolute Gasteiger partial charge is 0.355 e. The molecule has 0 saturated heterocycles. The minimum Gasteiger partial charge on any atom is -0.355 e. The van der Waals surface area contributed by atoms with Crippen LogP contribution in [0, 0.1) is 0 Å². The maximum absolute atomic E-state index is 10.3. The van der Waals surface area contributed by atoms with Crippen molar-refractivity contribution in [2.75, 3.05) is 7.05 Å². The lowest BCUT2D eigenvalue weighted by Crippen LogP contribution is -2.16. The number of hydrogen-bond donors (Lipinski definition) is 1. The van der Waals surface area contributed by atoms with Crippen molar-refractivity contribution in [3.05, 3.63) is 11.1 Å². The number of nitrogens with one attached hydrogen (secondary N) is 1. The van der Waals surface area contributed by atoms with Gasteiger partial charge in [-0.1, -0.05) is 6.58 Å². The highest BCUT2D eigenvalue weighted by atomic mass is 79.9. The number of rotatable bonds is 1. The molecule has 0 saturated carbocycles. The zero-order chi connectivity index (χ0) is 5.86. The summed E-state index contributed by atoms with van der Waals surface area (Å²) < 4.78 is 0.356. The minimum atomic E-state index is -0.181. The summed E-state index contributed by atoms with van der Waals surface area (Å²) in [4.78, 5) is 10.3. The van der Waals surface area contributed by atoms with E-state index in [4.69, 9.17) is 0 Å². The number of likely N-dealkylation sites (N-methyl/N-ethyl adjacent to an activating group) is 1. The van der Waals surface area contributed by atoms with Crippen LogP contribution in [-0.2, 0) is 4.79 Å². The van der Waals surface area contributed by atoms with Crippen molar-refractivity contribution in [2.45, 2.75) is 0 Å². The predicted molar refractivity (Wildman–Crippen MR) is 32.1 cm³/mol. The van der Waals surface area contributed by atoms with Crippen molar-refractivity contribution in [1.29, 1.82) is 0 Å². The molecule has 0 atom stereocenters. The third-order valence-corrected chi connectivity index (χ3v) is 0.834. The average Bonchev–Trinajstić information content (AvgIpc) is 1.65. The third-order valence-electron chi connectivity index (χ3n) is 0.473. The normalized spacial score (nSPS) is 7.71. The van der Waals surface area contributed by atoms with Gasteiger partial charge in [-0.15, -0.1) is 0 Å². The number of carbonyl (C=O) groups excluding carboxylic acids is 1. The van der Waals surface area contributed by atoms with Gasteiger partial charge in [0.15, 0.2) is 0 Å². The first-order chi connectivity index (χ1) is 3.18. The van der Waals surface area contributed by atoms with Crippen LogP contribution in [-0.4, -0.2) is 13.0 Å². The molecule has 0 aromatic rings. The number of hydrogen-bond acceptors (Lipinski definition) is 1. The molecular formula is C4H6BrNO. The molecule has 0 heterocycles. The van der Waals surface area contributed by atoms with Crippen LogP contribution in [0.1, 0.15) is 0 Å². The molecule has 0 radical (unpaired) electrons. The summed E-state index contributed by atoms with van der Waals surface area (Å²) in [5.74, 6) is -0.181. The van der Waals surface area contributed by atoms with E-state index in [2.05, 4.69) is 27.8 Å². The van der Waals surface area contributed by atoms with Crippen LogP contribution in [0.3, 0.4) is 0 Å². The molecule has 0 spiro atoms. The summed E-state index contributed by atoms with van der Waals surface area (Å²) in [6.07, 6.45) is 0. The smallest absolute Gasteiger partial charge is 0.257 e. The molecule has 0 unspecified atom stereocenters. The molecule has 2 nitrogen and oxygen atoms in total. The fraction of sp³-hybridized carbons (Fsp3) is 0.250. The molecule has 0 aromatic heterocycles. The Balaban J connectivity index is 3.58. The molecule has 0 aliphatic carbocycles. The molecule has 40 valence electrons. The van der Waals surface area contributed by atoms with Gasteiger partial charge in [-0.2, -0.15) is 0 Å². The van der Waals surface area contributed by atoms with E-state index in [1.54, 1.807) is 7.05 Å². The van der Waals surface area contributed by atoms with Crippen LogP contribution in [0.15, 0.2) is 11.1 Å². The Morgan fingerprint density at radius 2 is 2.29 bits per heavy atom. The minimum absolute atomic E-state index is 0.181. The van der Waals surface area contributed by atoms with Crippen LogP contribution in [0.25, 0.3) is 0 Å². The highest BCUT2D eigenvalue weighted by Gasteiger charge is 1.94. The van der Waals surface area contributed by atoms with Gasteiger partial charge >= 0.3 is 0 Å². The van der Waals surface area contributed by atoms with E-state index >= 15 is 0 Å².